The first kappa shape index (κ1) is 18.6. The summed E-state index contributed by atoms with van der Waals surface area (Å²) in [6.45, 7) is 2.57. The van der Waals surface area contributed by atoms with Crippen LogP contribution in [0.15, 0.2) is 59.8 Å². The normalized spacial score (nSPS) is 11.1. The molecule has 2 N–H and O–H groups in total. The molecule has 0 aliphatic heterocycles. The van der Waals surface area contributed by atoms with Gasteiger partial charge in [0.05, 0.1) is 12.1 Å². The molecular weight excluding hydrogens is 394 g/mol. The molecule has 0 fully saturated rings. The molecule has 0 saturated heterocycles. The van der Waals surface area contributed by atoms with Gasteiger partial charge in [-0.05, 0) is 43.3 Å². The number of thioether (sulfide) groups is 1. The molecule has 2 heterocycles. The third-order valence-corrected chi connectivity index (χ3v) is 5.51. The fourth-order valence-electron chi connectivity index (χ4n) is 2.82. The Labute approximate surface area is 171 Å². The van der Waals surface area contributed by atoms with E-state index in [1.165, 1.54) is 16.4 Å². The molecule has 0 atom stereocenters. The first-order valence-electron chi connectivity index (χ1n) is 8.76. The zero-order valence-corrected chi connectivity index (χ0v) is 16.7. The largest absolute Gasteiger partial charge is 0.494 e. The summed E-state index contributed by atoms with van der Waals surface area (Å²) in [5.74, 6) is 8.21. The third kappa shape index (κ3) is 3.76. The summed E-state index contributed by atoms with van der Waals surface area (Å²) in [4.78, 5) is 4.45. The first-order valence-corrected chi connectivity index (χ1v) is 10.1. The van der Waals surface area contributed by atoms with E-state index in [0.29, 0.717) is 28.5 Å². The summed E-state index contributed by atoms with van der Waals surface area (Å²) >= 11 is 7.81. The Morgan fingerprint density at radius 2 is 1.89 bits per heavy atom. The molecule has 0 aliphatic carbocycles. The van der Waals surface area contributed by atoms with Crippen molar-refractivity contribution in [3.8, 4) is 17.1 Å². The number of para-hydroxylation sites is 1. The zero-order valence-electron chi connectivity index (χ0n) is 15.2. The van der Waals surface area contributed by atoms with E-state index in [2.05, 4.69) is 15.2 Å². The van der Waals surface area contributed by atoms with Crippen LogP contribution in [0.2, 0.25) is 5.15 Å². The van der Waals surface area contributed by atoms with Crippen LogP contribution in [0.1, 0.15) is 12.5 Å². The van der Waals surface area contributed by atoms with Crippen LogP contribution in [0, 0.1) is 0 Å². The van der Waals surface area contributed by atoms with Gasteiger partial charge in [-0.3, -0.25) is 0 Å². The van der Waals surface area contributed by atoms with Crippen molar-refractivity contribution >= 4 is 34.3 Å². The van der Waals surface area contributed by atoms with Crippen LogP contribution >= 0.6 is 23.4 Å². The number of hydrogen-bond donors (Lipinski definition) is 1. The summed E-state index contributed by atoms with van der Waals surface area (Å²) < 4.78 is 6.95. The number of hydrogen-bond acceptors (Lipinski definition) is 6. The van der Waals surface area contributed by atoms with E-state index in [1.807, 2.05) is 61.5 Å². The lowest BCUT2D eigenvalue weighted by atomic mass is 10.2. The van der Waals surface area contributed by atoms with Crippen molar-refractivity contribution in [2.24, 2.45) is 0 Å². The van der Waals surface area contributed by atoms with E-state index in [9.17, 15) is 0 Å². The number of benzene rings is 2. The lowest BCUT2D eigenvalue weighted by molar-refractivity contribution is 0.340. The Kier molecular flexibility index (Phi) is 5.36. The minimum Gasteiger partial charge on any atom is -0.494 e. The molecule has 0 unspecified atom stereocenters. The lowest BCUT2D eigenvalue weighted by Crippen LogP contribution is -2.11. The van der Waals surface area contributed by atoms with Crippen LogP contribution in [0.4, 0.5) is 0 Å². The Morgan fingerprint density at radius 1 is 1.11 bits per heavy atom. The van der Waals surface area contributed by atoms with Crippen LogP contribution in [0.5, 0.6) is 5.75 Å². The van der Waals surface area contributed by atoms with Crippen molar-refractivity contribution in [1.29, 1.82) is 0 Å². The van der Waals surface area contributed by atoms with Crippen molar-refractivity contribution in [2.75, 3.05) is 12.4 Å². The number of nitrogen functional groups attached to an aromatic ring is 1. The number of ether oxygens (including phenoxy) is 1. The van der Waals surface area contributed by atoms with Crippen molar-refractivity contribution in [1.82, 2.24) is 19.9 Å². The average Bonchev–Trinajstić information content (AvgIpc) is 3.07. The van der Waals surface area contributed by atoms with Crippen LogP contribution in [0.3, 0.4) is 0 Å². The third-order valence-electron chi connectivity index (χ3n) is 4.19. The van der Waals surface area contributed by atoms with Crippen LogP contribution in [-0.2, 0) is 5.75 Å². The number of fused-ring (bicyclic) bond motifs is 1. The van der Waals surface area contributed by atoms with Crippen molar-refractivity contribution in [3.05, 3.63) is 65.3 Å². The summed E-state index contributed by atoms with van der Waals surface area (Å²) in [5.41, 5.74) is 2.67. The van der Waals surface area contributed by atoms with Crippen molar-refractivity contribution < 1.29 is 4.74 Å². The monoisotopic (exact) mass is 411 g/mol. The SMILES string of the molecule is CCOc1ccc(-c2nnc(SCc3cc4ccccc4nc3Cl)n2N)cc1. The molecule has 28 heavy (non-hydrogen) atoms. The second-order valence-corrected chi connectivity index (χ2v) is 7.35. The van der Waals surface area contributed by atoms with E-state index in [1.54, 1.807) is 0 Å². The second kappa shape index (κ2) is 8.08. The highest BCUT2D eigenvalue weighted by atomic mass is 35.5. The minimum absolute atomic E-state index is 0.487. The highest BCUT2D eigenvalue weighted by Gasteiger charge is 2.14. The smallest absolute Gasteiger partial charge is 0.210 e. The van der Waals surface area contributed by atoms with E-state index >= 15 is 0 Å². The van der Waals surface area contributed by atoms with Gasteiger partial charge < -0.3 is 10.6 Å². The average molecular weight is 412 g/mol. The number of halogens is 1. The molecular formula is C20H18ClN5OS. The van der Waals surface area contributed by atoms with Crippen LogP contribution < -0.4 is 10.6 Å². The molecule has 6 nitrogen and oxygen atoms in total. The quantitative estimate of drug-likeness (QED) is 0.285. The molecule has 4 aromatic rings. The highest BCUT2D eigenvalue weighted by Crippen LogP contribution is 2.29. The van der Waals surface area contributed by atoms with E-state index in [0.717, 1.165) is 27.8 Å². The molecule has 2 aromatic carbocycles. The second-order valence-electron chi connectivity index (χ2n) is 6.05. The molecule has 0 amide bonds. The van der Waals surface area contributed by atoms with Gasteiger partial charge in [0.25, 0.3) is 0 Å². The minimum atomic E-state index is 0.487. The summed E-state index contributed by atoms with van der Waals surface area (Å²) in [5, 5.41) is 10.6. The maximum atomic E-state index is 6.34. The maximum Gasteiger partial charge on any atom is 0.210 e. The van der Waals surface area contributed by atoms with Gasteiger partial charge in [-0.2, -0.15) is 0 Å². The molecule has 8 heteroatoms. The molecule has 0 aliphatic rings. The molecule has 4 rings (SSSR count). The Bertz CT molecular complexity index is 1110. The molecule has 142 valence electrons. The summed E-state index contributed by atoms with van der Waals surface area (Å²) in [6, 6.07) is 17.5. The summed E-state index contributed by atoms with van der Waals surface area (Å²) in [7, 11) is 0. The number of pyridine rings is 1. The topological polar surface area (TPSA) is 78.9 Å². The predicted octanol–water partition coefficient (Wildman–Crippen LogP) is 4.55. The van der Waals surface area contributed by atoms with Crippen molar-refractivity contribution in [2.45, 2.75) is 17.8 Å². The maximum absolute atomic E-state index is 6.34. The zero-order chi connectivity index (χ0) is 19.5. The van der Waals surface area contributed by atoms with Crippen LogP contribution in [0.25, 0.3) is 22.3 Å². The van der Waals surface area contributed by atoms with Crippen LogP contribution in [-0.4, -0.2) is 26.5 Å². The molecule has 0 radical (unpaired) electrons. The number of aromatic nitrogens is 4. The standard InChI is InChI=1S/C20H18ClN5OS/c1-2-27-16-9-7-13(8-10-16)19-24-25-20(26(19)22)28-12-15-11-14-5-3-4-6-17(14)23-18(15)21/h3-11H,2,12,22H2,1H3. The van der Waals surface area contributed by atoms with Gasteiger partial charge in [-0.1, -0.05) is 41.6 Å². The van der Waals surface area contributed by atoms with Gasteiger partial charge in [0.2, 0.25) is 5.16 Å². The fraction of sp³-hybridized carbons (Fsp3) is 0.150. The molecule has 2 aromatic heterocycles. The van der Waals surface area contributed by atoms with Gasteiger partial charge in [0, 0.05) is 22.3 Å². The van der Waals surface area contributed by atoms with Gasteiger partial charge >= 0.3 is 0 Å². The van der Waals surface area contributed by atoms with Gasteiger partial charge in [0.15, 0.2) is 5.82 Å². The number of rotatable bonds is 6. The van der Waals surface area contributed by atoms with Gasteiger partial charge in [0.1, 0.15) is 10.9 Å². The number of nitrogens with two attached hydrogens (primary N) is 1. The Balaban J connectivity index is 1.53. The van der Waals surface area contributed by atoms with E-state index in [-0.39, 0.29) is 0 Å². The predicted molar refractivity (Wildman–Crippen MR) is 113 cm³/mol. The van der Waals surface area contributed by atoms with Gasteiger partial charge in [-0.25, -0.2) is 9.66 Å². The molecule has 0 bridgehead atoms. The van der Waals surface area contributed by atoms with Crippen molar-refractivity contribution in [3.63, 3.8) is 0 Å². The Hall–Kier alpha value is -2.77. The first-order chi connectivity index (χ1) is 13.7. The van der Waals surface area contributed by atoms with E-state index in [4.69, 9.17) is 22.2 Å². The highest BCUT2D eigenvalue weighted by molar-refractivity contribution is 7.98. The Morgan fingerprint density at radius 3 is 2.68 bits per heavy atom. The fourth-order valence-corrected chi connectivity index (χ4v) is 3.94. The molecule has 0 spiro atoms. The summed E-state index contributed by atoms with van der Waals surface area (Å²) in [6.07, 6.45) is 0. The lowest BCUT2D eigenvalue weighted by Gasteiger charge is -2.07. The van der Waals surface area contributed by atoms with E-state index < -0.39 is 0 Å². The van der Waals surface area contributed by atoms with Gasteiger partial charge in [-0.15, -0.1) is 10.2 Å². The number of nitrogens with zero attached hydrogens (tertiary/aromatic N) is 4. The molecule has 0 saturated carbocycles.